The maximum absolute atomic E-state index is 9.73. The summed E-state index contributed by atoms with van der Waals surface area (Å²) in [5, 5.41) is 13.2. The molecular weight excluding hydrogens is 250 g/mol. The molecule has 0 radical (unpaired) electrons. The van der Waals surface area contributed by atoms with Gasteiger partial charge in [-0.2, -0.15) is 0 Å². The molecule has 0 aromatic heterocycles. The SMILES string of the molecule is CCCOc1cccc(NCC2(CO)CCCCC2)c1. The highest BCUT2D eigenvalue weighted by molar-refractivity contribution is 5.48. The minimum atomic E-state index is 0.0680. The van der Waals surface area contributed by atoms with Crippen LogP contribution in [0.3, 0.4) is 0 Å². The fourth-order valence-corrected chi connectivity index (χ4v) is 2.90. The van der Waals surface area contributed by atoms with Crippen LogP contribution in [0.1, 0.15) is 45.4 Å². The van der Waals surface area contributed by atoms with Crippen LogP contribution in [0.15, 0.2) is 24.3 Å². The van der Waals surface area contributed by atoms with Crippen LogP contribution in [-0.2, 0) is 0 Å². The largest absolute Gasteiger partial charge is 0.494 e. The second-order valence-electron chi connectivity index (χ2n) is 5.95. The van der Waals surface area contributed by atoms with Gasteiger partial charge in [0.15, 0.2) is 0 Å². The lowest BCUT2D eigenvalue weighted by molar-refractivity contribution is 0.0944. The monoisotopic (exact) mass is 277 g/mol. The summed E-state index contributed by atoms with van der Waals surface area (Å²) in [7, 11) is 0. The molecule has 0 bridgehead atoms. The number of nitrogens with one attached hydrogen (secondary N) is 1. The first-order valence-electron chi connectivity index (χ1n) is 7.86. The summed E-state index contributed by atoms with van der Waals surface area (Å²) in [5.74, 6) is 0.915. The first-order valence-corrected chi connectivity index (χ1v) is 7.86. The molecule has 3 heteroatoms. The van der Waals surface area contributed by atoms with Gasteiger partial charge in [0.05, 0.1) is 13.2 Å². The van der Waals surface area contributed by atoms with Gasteiger partial charge in [0, 0.05) is 23.7 Å². The number of benzene rings is 1. The van der Waals surface area contributed by atoms with Gasteiger partial charge in [0.25, 0.3) is 0 Å². The standard InChI is InChI=1S/C17H27NO2/c1-2-11-20-16-8-6-7-15(12-16)18-13-17(14-19)9-4-3-5-10-17/h6-8,12,18-19H,2-5,9-11,13-14H2,1H3. The third-order valence-electron chi connectivity index (χ3n) is 4.22. The Morgan fingerprint density at radius 3 is 2.75 bits per heavy atom. The van der Waals surface area contributed by atoms with Gasteiger partial charge >= 0.3 is 0 Å². The molecule has 2 rings (SSSR count). The molecule has 0 amide bonds. The molecule has 0 aliphatic heterocycles. The lowest BCUT2D eigenvalue weighted by atomic mass is 9.74. The Bertz CT molecular complexity index is 400. The van der Waals surface area contributed by atoms with Crippen LogP contribution >= 0.6 is 0 Å². The normalized spacial score (nSPS) is 17.7. The fraction of sp³-hybridized carbons (Fsp3) is 0.647. The summed E-state index contributed by atoms with van der Waals surface area (Å²) in [6.45, 7) is 3.99. The first kappa shape index (κ1) is 15.2. The Balaban J connectivity index is 1.92. The minimum absolute atomic E-state index is 0.0680. The van der Waals surface area contributed by atoms with Crippen molar-refractivity contribution in [2.45, 2.75) is 45.4 Å². The van der Waals surface area contributed by atoms with Crippen LogP contribution in [0, 0.1) is 5.41 Å². The number of rotatable bonds is 7. The van der Waals surface area contributed by atoms with Crippen molar-refractivity contribution in [2.24, 2.45) is 5.41 Å². The zero-order chi connectivity index (χ0) is 14.3. The molecule has 112 valence electrons. The van der Waals surface area contributed by atoms with Crippen molar-refractivity contribution in [3.8, 4) is 5.75 Å². The van der Waals surface area contributed by atoms with E-state index in [1.165, 1.54) is 19.3 Å². The van der Waals surface area contributed by atoms with E-state index in [9.17, 15) is 5.11 Å². The van der Waals surface area contributed by atoms with Crippen molar-refractivity contribution in [1.82, 2.24) is 0 Å². The highest BCUT2D eigenvalue weighted by atomic mass is 16.5. The number of hydrogen-bond acceptors (Lipinski definition) is 3. The van der Waals surface area contributed by atoms with E-state index in [2.05, 4.69) is 18.3 Å². The molecule has 1 aliphatic rings. The Morgan fingerprint density at radius 2 is 2.05 bits per heavy atom. The quantitative estimate of drug-likeness (QED) is 0.796. The second kappa shape index (κ2) is 7.53. The number of ether oxygens (including phenoxy) is 1. The molecule has 1 aliphatic carbocycles. The molecule has 3 nitrogen and oxygen atoms in total. The average Bonchev–Trinajstić information content (AvgIpc) is 2.52. The summed E-state index contributed by atoms with van der Waals surface area (Å²) >= 11 is 0. The lowest BCUT2D eigenvalue weighted by Crippen LogP contribution is -2.35. The van der Waals surface area contributed by atoms with Crippen LogP contribution in [0.2, 0.25) is 0 Å². The van der Waals surface area contributed by atoms with Crippen molar-refractivity contribution in [3.63, 3.8) is 0 Å². The predicted molar refractivity (Wildman–Crippen MR) is 83.3 cm³/mol. The van der Waals surface area contributed by atoms with Gasteiger partial charge in [-0.05, 0) is 31.4 Å². The molecular formula is C17H27NO2. The van der Waals surface area contributed by atoms with E-state index in [4.69, 9.17) is 4.74 Å². The van der Waals surface area contributed by atoms with Gasteiger partial charge in [0.1, 0.15) is 5.75 Å². The first-order chi connectivity index (χ1) is 9.78. The smallest absolute Gasteiger partial charge is 0.121 e. The van der Waals surface area contributed by atoms with E-state index in [1.807, 2.05) is 18.2 Å². The molecule has 0 spiro atoms. The van der Waals surface area contributed by atoms with Crippen LogP contribution in [0.25, 0.3) is 0 Å². The molecule has 1 saturated carbocycles. The Kier molecular flexibility index (Phi) is 5.72. The van der Waals surface area contributed by atoms with Crippen molar-refractivity contribution >= 4 is 5.69 Å². The van der Waals surface area contributed by atoms with Gasteiger partial charge < -0.3 is 15.2 Å². The average molecular weight is 277 g/mol. The zero-order valence-electron chi connectivity index (χ0n) is 12.5. The number of aliphatic hydroxyl groups excluding tert-OH is 1. The summed E-state index contributed by atoms with van der Waals surface area (Å²) in [6.07, 6.45) is 7.06. The van der Waals surface area contributed by atoms with E-state index < -0.39 is 0 Å². The van der Waals surface area contributed by atoms with Crippen LogP contribution in [0.5, 0.6) is 5.75 Å². The molecule has 1 aromatic carbocycles. The molecule has 1 aromatic rings. The highest BCUT2D eigenvalue weighted by Crippen LogP contribution is 2.36. The maximum atomic E-state index is 9.73. The fourth-order valence-electron chi connectivity index (χ4n) is 2.90. The Hall–Kier alpha value is -1.22. The van der Waals surface area contributed by atoms with Crippen LogP contribution in [0.4, 0.5) is 5.69 Å². The predicted octanol–water partition coefficient (Wildman–Crippen LogP) is 3.83. The molecule has 20 heavy (non-hydrogen) atoms. The lowest BCUT2D eigenvalue weighted by Gasteiger charge is -2.36. The molecule has 0 saturated heterocycles. The van der Waals surface area contributed by atoms with Gasteiger partial charge in [-0.25, -0.2) is 0 Å². The molecule has 0 atom stereocenters. The van der Waals surface area contributed by atoms with Gasteiger partial charge in [-0.1, -0.05) is 32.3 Å². The third-order valence-corrected chi connectivity index (χ3v) is 4.22. The van der Waals surface area contributed by atoms with E-state index in [-0.39, 0.29) is 12.0 Å². The third kappa shape index (κ3) is 4.14. The van der Waals surface area contributed by atoms with E-state index >= 15 is 0 Å². The van der Waals surface area contributed by atoms with E-state index in [0.29, 0.717) is 0 Å². The summed E-state index contributed by atoms with van der Waals surface area (Å²) in [6, 6.07) is 8.11. The van der Waals surface area contributed by atoms with Crippen molar-refractivity contribution in [3.05, 3.63) is 24.3 Å². The maximum Gasteiger partial charge on any atom is 0.121 e. The van der Waals surface area contributed by atoms with Crippen molar-refractivity contribution in [2.75, 3.05) is 25.1 Å². The van der Waals surface area contributed by atoms with Gasteiger partial charge in [0.2, 0.25) is 0 Å². The Labute approximate surface area is 122 Å². The zero-order valence-corrected chi connectivity index (χ0v) is 12.5. The van der Waals surface area contributed by atoms with E-state index in [0.717, 1.165) is 43.9 Å². The molecule has 0 heterocycles. The summed E-state index contributed by atoms with van der Waals surface area (Å²) in [5.41, 5.74) is 1.15. The van der Waals surface area contributed by atoms with Crippen molar-refractivity contribution in [1.29, 1.82) is 0 Å². The summed E-state index contributed by atoms with van der Waals surface area (Å²) < 4.78 is 5.65. The number of anilines is 1. The van der Waals surface area contributed by atoms with Gasteiger partial charge in [-0.3, -0.25) is 0 Å². The topological polar surface area (TPSA) is 41.5 Å². The number of hydrogen-bond donors (Lipinski definition) is 2. The molecule has 2 N–H and O–H groups in total. The minimum Gasteiger partial charge on any atom is -0.494 e. The van der Waals surface area contributed by atoms with Crippen LogP contribution < -0.4 is 10.1 Å². The van der Waals surface area contributed by atoms with Crippen LogP contribution in [-0.4, -0.2) is 24.9 Å². The summed E-state index contributed by atoms with van der Waals surface area (Å²) in [4.78, 5) is 0. The number of aliphatic hydroxyl groups is 1. The highest BCUT2D eigenvalue weighted by Gasteiger charge is 2.31. The van der Waals surface area contributed by atoms with Crippen molar-refractivity contribution < 1.29 is 9.84 Å². The Morgan fingerprint density at radius 1 is 1.25 bits per heavy atom. The molecule has 1 fully saturated rings. The molecule has 0 unspecified atom stereocenters. The van der Waals surface area contributed by atoms with E-state index in [1.54, 1.807) is 0 Å². The van der Waals surface area contributed by atoms with Gasteiger partial charge in [-0.15, -0.1) is 0 Å². The second-order valence-corrected chi connectivity index (χ2v) is 5.95.